The lowest BCUT2D eigenvalue weighted by Gasteiger charge is -2.08. The highest BCUT2D eigenvalue weighted by atomic mass is 15.0. The van der Waals surface area contributed by atoms with Crippen molar-refractivity contribution in [1.29, 1.82) is 0 Å². The second-order valence-corrected chi connectivity index (χ2v) is 4.03. The van der Waals surface area contributed by atoms with Gasteiger partial charge in [0.1, 0.15) is 5.82 Å². The molecule has 4 heteroatoms. The zero-order valence-electron chi connectivity index (χ0n) is 8.98. The smallest absolute Gasteiger partial charge is 0.145 e. The molecular formula is C12H14N4. The van der Waals surface area contributed by atoms with Gasteiger partial charge in [0, 0.05) is 12.4 Å². The Labute approximate surface area is 94.1 Å². The van der Waals surface area contributed by atoms with E-state index >= 15 is 0 Å². The van der Waals surface area contributed by atoms with Crippen LogP contribution >= 0.6 is 0 Å². The first kappa shape index (κ1) is 9.54. The highest BCUT2D eigenvalue weighted by Gasteiger charge is 2.19. The lowest BCUT2D eigenvalue weighted by molar-refractivity contribution is 0.605. The van der Waals surface area contributed by atoms with Gasteiger partial charge in [0.2, 0.25) is 0 Å². The number of hydrogen-bond acceptors (Lipinski definition) is 3. The maximum atomic E-state index is 4.59. The third-order valence-corrected chi connectivity index (χ3v) is 2.92. The molecule has 4 nitrogen and oxygen atoms in total. The summed E-state index contributed by atoms with van der Waals surface area (Å²) in [5.74, 6) is 0.907. The summed E-state index contributed by atoms with van der Waals surface area (Å²) in [6.45, 7) is 1.07. The Hall–Kier alpha value is -1.68. The summed E-state index contributed by atoms with van der Waals surface area (Å²) in [5.41, 5.74) is 2.00. The van der Waals surface area contributed by atoms with Gasteiger partial charge in [-0.2, -0.15) is 0 Å². The van der Waals surface area contributed by atoms with E-state index in [0.29, 0.717) is 6.04 Å². The lowest BCUT2D eigenvalue weighted by atomic mass is 10.2. The van der Waals surface area contributed by atoms with Gasteiger partial charge in [-0.3, -0.25) is 0 Å². The summed E-state index contributed by atoms with van der Waals surface area (Å²) in [6, 6.07) is 6.26. The highest BCUT2D eigenvalue weighted by molar-refractivity contribution is 5.53. The van der Waals surface area contributed by atoms with Crippen molar-refractivity contribution in [3.8, 4) is 11.4 Å². The summed E-state index contributed by atoms with van der Waals surface area (Å²) in [7, 11) is 0. The molecular weight excluding hydrogens is 200 g/mol. The van der Waals surface area contributed by atoms with Gasteiger partial charge in [0.15, 0.2) is 0 Å². The molecule has 1 saturated heterocycles. The van der Waals surface area contributed by atoms with Crippen LogP contribution in [0.15, 0.2) is 30.6 Å². The first-order valence-corrected chi connectivity index (χ1v) is 5.63. The molecule has 1 aliphatic heterocycles. The molecule has 2 aromatic heterocycles. The van der Waals surface area contributed by atoms with Gasteiger partial charge >= 0.3 is 0 Å². The number of aromatic nitrogens is 3. The summed E-state index contributed by atoms with van der Waals surface area (Å²) in [6.07, 6.45) is 6.08. The number of aromatic amines is 1. The molecule has 0 radical (unpaired) electrons. The lowest BCUT2D eigenvalue weighted by Crippen LogP contribution is -2.15. The van der Waals surface area contributed by atoms with E-state index in [4.69, 9.17) is 0 Å². The Kier molecular flexibility index (Phi) is 2.42. The molecule has 0 amide bonds. The van der Waals surface area contributed by atoms with Gasteiger partial charge in [-0.15, -0.1) is 0 Å². The van der Waals surface area contributed by atoms with Crippen molar-refractivity contribution in [3.63, 3.8) is 0 Å². The summed E-state index contributed by atoms with van der Waals surface area (Å²) < 4.78 is 0. The fraction of sp³-hybridized carbons (Fsp3) is 0.333. The number of nitrogens with zero attached hydrogens (tertiary/aromatic N) is 2. The van der Waals surface area contributed by atoms with E-state index < -0.39 is 0 Å². The first-order chi connectivity index (χ1) is 7.93. The number of nitrogens with one attached hydrogen (secondary N) is 2. The predicted molar refractivity (Wildman–Crippen MR) is 61.8 cm³/mol. The maximum absolute atomic E-state index is 4.59. The van der Waals surface area contributed by atoms with Gasteiger partial charge in [-0.1, -0.05) is 0 Å². The van der Waals surface area contributed by atoms with E-state index in [-0.39, 0.29) is 0 Å². The second kappa shape index (κ2) is 4.06. The van der Waals surface area contributed by atoms with Gasteiger partial charge in [-0.25, -0.2) is 9.97 Å². The van der Waals surface area contributed by atoms with Crippen molar-refractivity contribution in [2.45, 2.75) is 18.9 Å². The second-order valence-electron chi connectivity index (χ2n) is 4.03. The van der Waals surface area contributed by atoms with E-state index in [1.54, 1.807) is 0 Å². The average Bonchev–Trinajstić information content (AvgIpc) is 3.03. The molecule has 1 fully saturated rings. The number of rotatable bonds is 2. The Morgan fingerprint density at radius 3 is 3.06 bits per heavy atom. The molecule has 3 heterocycles. The van der Waals surface area contributed by atoms with Crippen LogP contribution in [0.1, 0.15) is 24.7 Å². The molecule has 0 aliphatic carbocycles. The summed E-state index contributed by atoms with van der Waals surface area (Å²) >= 11 is 0. The van der Waals surface area contributed by atoms with Crippen LogP contribution in [0, 0.1) is 0 Å². The number of H-pyrrole nitrogens is 1. The SMILES string of the molecule is c1c[nH]c(-c2ccnc(C3CCCN3)n2)c1. The molecule has 82 valence electrons. The van der Waals surface area contributed by atoms with Crippen LogP contribution in [0.2, 0.25) is 0 Å². The Bertz CT molecular complexity index is 458. The minimum atomic E-state index is 0.329. The third-order valence-electron chi connectivity index (χ3n) is 2.92. The monoisotopic (exact) mass is 214 g/mol. The Morgan fingerprint density at radius 2 is 2.31 bits per heavy atom. The van der Waals surface area contributed by atoms with Gasteiger partial charge in [0.25, 0.3) is 0 Å². The minimum absolute atomic E-state index is 0.329. The van der Waals surface area contributed by atoms with E-state index in [1.807, 2.05) is 30.6 Å². The van der Waals surface area contributed by atoms with Gasteiger partial charge in [-0.05, 0) is 37.6 Å². The molecule has 16 heavy (non-hydrogen) atoms. The van der Waals surface area contributed by atoms with Crippen molar-refractivity contribution in [3.05, 3.63) is 36.4 Å². The van der Waals surface area contributed by atoms with Crippen LogP contribution in [0.5, 0.6) is 0 Å². The molecule has 0 spiro atoms. The maximum Gasteiger partial charge on any atom is 0.145 e. The molecule has 2 aromatic rings. The molecule has 1 unspecified atom stereocenters. The molecule has 1 aliphatic rings. The zero-order valence-corrected chi connectivity index (χ0v) is 8.98. The first-order valence-electron chi connectivity index (χ1n) is 5.63. The van der Waals surface area contributed by atoms with Gasteiger partial charge in [0.05, 0.1) is 17.4 Å². The topological polar surface area (TPSA) is 53.6 Å². The Morgan fingerprint density at radius 1 is 1.31 bits per heavy atom. The van der Waals surface area contributed by atoms with Crippen molar-refractivity contribution in [2.24, 2.45) is 0 Å². The third kappa shape index (κ3) is 1.72. The van der Waals surface area contributed by atoms with Crippen LogP contribution in [-0.4, -0.2) is 21.5 Å². The molecule has 0 saturated carbocycles. The van der Waals surface area contributed by atoms with Crippen molar-refractivity contribution < 1.29 is 0 Å². The normalized spacial score (nSPS) is 20.1. The minimum Gasteiger partial charge on any atom is -0.360 e. The van der Waals surface area contributed by atoms with Crippen LogP contribution < -0.4 is 5.32 Å². The Balaban J connectivity index is 1.93. The van der Waals surface area contributed by atoms with E-state index in [9.17, 15) is 0 Å². The van der Waals surface area contributed by atoms with Crippen LogP contribution in [-0.2, 0) is 0 Å². The van der Waals surface area contributed by atoms with Crippen LogP contribution in [0.4, 0.5) is 0 Å². The van der Waals surface area contributed by atoms with Crippen LogP contribution in [0.3, 0.4) is 0 Å². The van der Waals surface area contributed by atoms with Crippen molar-refractivity contribution >= 4 is 0 Å². The average molecular weight is 214 g/mol. The largest absolute Gasteiger partial charge is 0.360 e. The highest BCUT2D eigenvalue weighted by Crippen LogP contribution is 2.21. The fourth-order valence-electron chi connectivity index (χ4n) is 2.09. The molecule has 2 N–H and O–H groups in total. The van der Waals surface area contributed by atoms with E-state index in [0.717, 1.165) is 30.2 Å². The molecule has 3 rings (SSSR count). The fourth-order valence-corrected chi connectivity index (χ4v) is 2.09. The summed E-state index contributed by atoms with van der Waals surface area (Å²) in [5, 5.41) is 3.41. The van der Waals surface area contributed by atoms with Crippen LogP contribution in [0.25, 0.3) is 11.4 Å². The van der Waals surface area contributed by atoms with Crippen molar-refractivity contribution in [2.75, 3.05) is 6.54 Å². The predicted octanol–water partition coefficient (Wildman–Crippen LogP) is 1.90. The molecule has 0 bridgehead atoms. The van der Waals surface area contributed by atoms with E-state index in [2.05, 4.69) is 20.3 Å². The zero-order chi connectivity index (χ0) is 10.8. The molecule has 0 aromatic carbocycles. The van der Waals surface area contributed by atoms with E-state index in [1.165, 1.54) is 6.42 Å². The van der Waals surface area contributed by atoms with Gasteiger partial charge < -0.3 is 10.3 Å². The standard InChI is InChI=1S/C12H14N4/c1-3-9(13-6-1)10-5-8-15-12(16-10)11-4-2-7-14-11/h1,3,5-6,8,11,13-14H,2,4,7H2. The van der Waals surface area contributed by atoms with Crippen molar-refractivity contribution in [1.82, 2.24) is 20.3 Å². The summed E-state index contributed by atoms with van der Waals surface area (Å²) in [4.78, 5) is 12.1. The quantitative estimate of drug-likeness (QED) is 0.802. The molecule has 1 atom stereocenters. The number of hydrogen-bond donors (Lipinski definition) is 2.